The van der Waals surface area contributed by atoms with E-state index in [1.54, 1.807) is 12.4 Å². The summed E-state index contributed by atoms with van der Waals surface area (Å²) in [5, 5.41) is 3.22. The molecule has 0 aliphatic rings. The molecule has 1 aromatic heterocycles. The van der Waals surface area contributed by atoms with Crippen LogP contribution in [0.4, 0.5) is 5.95 Å². The summed E-state index contributed by atoms with van der Waals surface area (Å²) in [4.78, 5) is 8.25. The van der Waals surface area contributed by atoms with Crippen LogP contribution in [0.2, 0.25) is 0 Å². The molecule has 0 aliphatic heterocycles. The molecule has 1 N–H and O–H groups in total. The first-order valence-electron chi connectivity index (χ1n) is 6.49. The standard InChI is InChI=1S/C15H19N3S/c1-13-4-6-14(7-5-13)12-19-11-3-10-18-15-16-8-2-9-17-15/h2,4-9H,3,10-12H2,1H3,(H,16,17,18). The average molecular weight is 273 g/mol. The highest BCUT2D eigenvalue weighted by atomic mass is 32.2. The Hall–Kier alpha value is -1.55. The van der Waals surface area contributed by atoms with Crippen LogP contribution in [0.1, 0.15) is 17.5 Å². The molecule has 1 aromatic carbocycles. The fourth-order valence-corrected chi connectivity index (χ4v) is 2.56. The van der Waals surface area contributed by atoms with E-state index in [4.69, 9.17) is 0 Å². The van der Waals surface area contributed by atoms with Gasteiger partial charge in [0.05, 0.1) is 0 Å². The van der Waals surface area contributed by atoms with Gasteiger partial charge in [0.2, 0.25) is 5.95 Å². The van der Waals surface area contributed by atoms with Crippen LogP contribution >= 0.6 is 11.8 Å². The van der Waals surface area contributed by atoms with Crippen LogP contribution in [0.15, 0.2) is 42.7 Å². The van der Waals surface area contributed by atoms with Crippen LogP contribution in [-0.4, -0.2) is 22.3 Å². The molecule has 0 aliphatic carbocycles. The van der Waals surface area contributed by atoms with Crippen molar-refractivity contribution in [3.8, 4) is 0 Å². The second-order valence-electron chi connectivity index (χ2n) is 4.39. The smallest absolute Gasteiger partial charge is 0.222 e. The summed E-state index contributed by atoms with van der Waals surface area (Å²) in [6.45, 7) is 3.04. The Kier molecular flexibility index (Phi) is 5.69. The Balaban J connectivity index is 1.56. The van der Waals surface area contributed by atoms with Gasteiger partial charge in [0.25, 0.3) is 0 Å². The zero-order valence-electron chi connectivity index (χ0n) is 11.2. The van der Waals surface area contributed by atoms with Crippen LogP contribution in [0, 0.1) is 6.92 Å². The molecule has 3 nitrogen and oxygen atoms in total. The Bertz CT molecular complexity index is 471. The van der Waals surface area contributed by atoms with Crippen LogP contribution in [0.25, 0.3) is 0 Å². The first-order chi connectivity index (χ1) is 9.34. The fourth-order valence-electron chi connectivity index (χ4n) is 1.64. The van der Waals surface area contributed by atoms with Gasteiger partial charge in [0.15, 0.2) is 0 Å². The third-order valence-corrected chi connectivity index (χ3v) is 3.82. The third kappa shape index (κ3) is 5.30. The Morgan fingerprint density at radius 3 is 2.58 bits per heavy atom. The van der Waals surface area contributed by atoms with Gasteiger partial charge in [-0.05, 0) is 30.7 Å². The van der Waals surface area contributed by atoms with Crippen molar-refractivity contribution >= 4 is 17.7 Å². The summed E-state index contributed by atoms with van der Waals surface area (Å²) in [6.07, 6.45) is 4.62. The Morgan fingerprint density at radius 2 is 1.84 bits per heavy atom. The van der Waals surface area contributed by atoms with Gasteiger partial charge in [-0.2, -0.15) is 11.8 Å². The zero-order chi connectivity index (χ0) is 13.3. The van der Waals surface area contributed by atoms with Crippen LogP contribution in [0.3, 0.4) is 0 Å². The van der Waals surface area contributed by atoms with Crippen LogP contribution < -0.4 is 5.32 Å². The van der Waals surface area contributed by atoms with Gasteiger partial charge < -0.3 is 5.32 Å². The van der Waals surface area contributed by atoms with Crippen molar-refractivity contribution in [2.24, 2.45) is 0 Å². The number of hydrogen-bond donors (Lipinski definition) is 1. The highest BCUT2D eigenvalue weighted by Gasteiger charge is 1.95. The van der Waals surface area contributed by atoms with Crippen molar-refractivity contribution in [3.63, 3.8) is 0 Å². The second kappa shape index (κ2) is 7.79. The molecule has 19 heavy (non-hydrogen) atoms. The van der Waals surface area contributed by atoms with E-state index in [9.17, 15) is 0 Å². The number of aromatic nitrogens is 2. The lowest BCUT2D eigenvalue weighted by Crippen LogP contribution is -2.05. The lowest BCUT2D eigenvalue weighted by atomic mass is 10.2. The lowest BCUT2D eigenvalue weighted by molar-refractivity contribution is 0.961. The highest BCUT2D eigenvalue weighted by molar-refractivity contribution is 7.98. The van der Waals surface area contributed by atoms with E-state index in [0.717, 1.165) is 24.5 Å². The summed E-state index contributed by atoms with van der Waals surface area (Å²) < 4.78 is 0. The minimum atomic E-state index is 0.714. The molecule has 100 valence electrons. The average Bonchev–Trinajstić information content (AvgIpc) is 2.46. The maximum atomic E-state index is 4.12. The van der Waals surface area contributed by atoms with E-state index in [-0.39, 0.29) is 0 Å². The summed E-state index contributed by atoms with van der Waals surface area (Å²) in [5.41, 5.74) is 2.72. The molecule has 2 aromatic rings. The van der Waals surface area contributed by atoms with Gasteiger partial charge in [0.1, 0.15) is 0 Å². The normalized spacial score (nSPS) is 10.4. The highest BCUT2D eigenvalue weighted by Crippen LogP contribution is 2.13. The molecule has 2 rings (SSSR count). The molecule has 0 saturated carbocycles. The minimum Gasteiger partial charge on any atom is -0.354 e. The molecule has 0 spiro atoms. The first-order valence-corrected chi connectivity index (χ1v) is 7.64. The summed E-state index contributed by atoms with van der Waals surface area (Å²) in [6, 6.07) is 10.6. The molecule has 0 atom stereocenters. The van der Waals surface area contributed by atoms with Gasteiger partial charge in [-0.25, -0.2) is 9.97 Å². The van der Waals surface area contributed by atoms with Gasteiger partial charge >= 0.3 is 0 Å². The molecule has 0 amide bonds. The molecular weight excluding hydrogens is 254 g/mol. The van der Waals surface area contributed by atoms with Crippen molar-refractivity contribution in [1.82, 2.24) is 9.97 Å². The van der Waals surface area contributed by atoms with E-state index in [0.29, 0.717) is 5.95 Å². The Labute approximate surface area is 118 Å². The van der Waals surface area contributed by atoms with Gasteiger partial charge in [-0.3, -0.25) is 0 Å². The van der Waals surface area contributed by atoms with E-state index < -0.39 is 0 Å². The number of aryl methyl sites for hydroxylation is 1. The Morgan fingerprint density at radius 1 is 1.11 bits per heavy atom. The fraction of sp³-hybridized carbons (Fsp3) is 0.333. The number of thioether (sulfide) groups is 1. The lowest BCUT2D eigenvalue weighted by Gasteiger charge is -2.04. The zero-order valence-corrected chi connectivity index (χ0v) is 12.0. The van der Waals surface area contributed by atoms with Crippen molar-refractivity contribution < 1.29 is 0 Å². The SMILES string of the molecule is Cc1ccc(CSCCCNc2ncccn2)cc1. The van der Waals surface area contributed by atoms with Gasteiger partial charge in [-0.1, -0.05) is 29.8 Å². The van der Waals surface area contributed by atoms with Crippen molar-refractivity contribution in [2.45, 2.75) is 19.1 Å². The third-order valence-electron chi connectivity index (χ3n) is 2.70. The number of benzene rings is 1. The maximum Gasteiger partial charge on any atom is 0.222 e. The molecule has 4 heteroatoms. The number of rotatable bonds is 7. The maximum absolute atomic E-state index is 4.12. The topological polar surface area (TPSA) is 37.8 Å². The van der Waals surface area contributed by atoms with Gasteiger partial charge in [0, 0.05) is 24.7 Å². The monoisotopic (exact) mass is 273 g/mol. The van der Waals surface area contributed by atoms with E-state index in [2.05, 4.69) is 46.5 Å². The summed E-state index contributed by atoms with van der Waals surface area (Å²) in [5.74, 6) is 2.95. The minimum absolute atomic E-state index is 0.714. The molecule has 0 saturated heterocycles. The molecule has 0 fully saturated rings. The van der Waals surface area contributed by atoms with Crippen molar-refractivity contribution in [1.29, 1.82) is 0 Å². The number of nitrogens with one attached hydrogen (secondary N) is 1. The number of anilines is 1. The number of nitrogens with zero attached hydrogens (tertiary/aromatic N) is 2. The predicted molar refractivity (Wildman–Crippen MR) is 82.5 cm³/mol. The molecular formula is C15H19N3S. The second-order valence-corrected chi connectivity index (χ2v) is 5.50. The van der Waals surface area contributed by atoms with Crippen molar-refractivity contribution in [2.75, 3.05) is 17.6 Å². The number of hydrogen-bond acceptors (Lipinski definition) is 4. The van der Waals surface area contributed by atoms with E-state index in [1.165, 1.54) is 11.1 Å². The van der Waals surface area contributed by atoms with E-state index >= 15 is 0 Å². The first kappa shape index (κ1) is 13.9. The van der Waals surface area contributed by atoms with Crippen LogP contribution in [0.5, 0.6) is 0 Å². The van der Waals surface area contributed by atoms with Crippen LogP contribution in [-0.2, 0) is 5.75 Å². The van der Waals surface area contributed by atoms with Gasteiger partial charge in [-0.15, -0.1) is 0 Å². The quantitative estimate of drug-likeness (QED) is 0.783. The summed E-state index contributed by atoms with van der Waals surface area (Å²) >= 11 is 1.97. The largest absolute Gasteiger partial charge is 0.354 e. The molecule has 0 radical (unpaired) electrons. The van der Waals surface area contributed by atoms with Crippen molar-refractivity contribution in [3.05, 3.63) is 53.9 Å². The molecule has 0 bridgehead atoms. The molecule has 0 unspecified atom stereocenters. The van der Waals surface area contributed by atoms with E-state index in [1.807, 2.05) is 17.8 Å². The predicted octanol–water partition coefficient (Wildman–Crippen LogP) is 3.52. The summed E-state index contributed by atoms with van der Waals surface area (Å²) in [7, 11) is 0. The molecule has 1 heterocycles.